The first kappa shape index (κ1) is 17.6. The Morgan fingerprint density at radius 3 is 2.21 bits per heavy atom. The first-order valence-corrected chi connectivity index (χ1v) is 11.5. The lowest BCUT2D eigenvalue weighted by atomic mass is 9.75. The highest BCUT2D eigenvalue weighted by Crippen LogP contribution is 2.56. The van der Waals surface area contributed by atoms with E-state index in [0.29, 0.717) is 11.8 Å². The van der Waals surface area contributed by atoms with Crippen LogP contribution >= 0.6 is 0 Å². The van der Waals surface area contributed by atoms with Gasteiger partial charge in [0.15, 0.2) is 0 Å². The second-order valence-corrected chi connectivity index (χ2v) is 9.83. The van der Waals surface area contributed by atoms with Gasteiger partial charge >= 0.3 is 0 Å². The molecule has 2 aliphatic carbocycles. The minimum absolute atomic E-state index is 0.00951. The molecule has 2 saturated carbocycles. The number of amides is 1. The molecule has 0 spiro atoms. The number of nitrogens with one attached hydrogen (secondary N) is 1. The average molecular weight is 387 g/mol. The summed E-state index contributed by atoms with van der Waals surface area (Å²) in [5, 5.41) is 3.25. The van der Waals surface area contributed by atoms with Crippen molar-refractivity contribution < 1.29 is 4.79 Å². The number of nitrogens with zero attached hydrogens (tertiary/aromatic N) is 1. The average Bonchev–Trinajstić information content (AvgIpc) is 3.37. The molecular formula is C26H30N2O. The van der Waals surface area contributed by atoms with Crippen LogP contribution in [0.5, 0.6) is 0 Å². The van der Waals surface area contributed by atoms with Crippen molar-refractivity contribution in [3.63, 3.8) is 0 Å². The van der Waals surface area contributed by atoms with Crippen LogP contribution in [0, 0.1) is 18.8 Å². The molecule has 0 radical (unpaired) electrons. The summed E-state index contributed by atoms with van der Waals surface area (Å²) in [7, 11) is 0. The minimum atomic E-state index is 0.00951. The van der Waals surface area contributed by atoms with Gasteiger partial charge < -0.3 is 10.2 Å². The maximum absolute atomic E-state index is 12.9. The second kappa shape index (κ2) is 6.62. The van der Waals surface area contributed by atoms with Gasteiger partial charge in [-0.15, -0.1) is 0 Å². The van der Waals surface area contributed by atoms with Gasteiger partial charge in [-0.2, -0.15) is 0 Å². The predicted octanol–water partition coefficient (Wildman–Crippen LogP) is 5.85. The normalized spacial score (nSPS) is 29.2. The number of carbonyl (C=O) groups excluding carboxylic acids is 1. The van der Waals surface area contributed by atoms with Gasteiger partial charge in [-0.25, -0.2) is 0 Å². The lowest BCUT2D eigenvalue weighted by Gasteiger charge is -2.46. The molecule has 0 unspecified atom stereocenters. The lowest BCUT2D eigenvalue weighted by molar-refractivity contribution is 0.102. The summed E-state index contributed by atoms with van der Waals surface area (Å²) in [6.07, 6.45) is 8.06. The number of aryl methyl sites for hydroxylation is 1. The zero-order valence-corrected chi connectivity index (χ0v) is 17.3. The standard InChI is InChI=1S/C26H30N2O/c1-16-5-2-6-17(11-16)26(29)27-20-12-23-21-9-3-7-18(21)14-28-15-19-8-4-10-22(19)24(13-20)25(23)28/h2,5-6,11-13,18-19,21-22H,3-4,7-10,14-15H2,1H3,(H,27,29)/t18-,19-,21+,22+/m0/s1. The van der Waals surface area contributed by atoms with E-state index in [-0.39, 0.29) is 5.91 Å². The molecule has 4 atom stereocenters. The third kappa shape index (κ3) is 2.81. The van der Waals surface area contributed by atoms with Crippen molar-refractivity contribution in [2.75, 3.05) is 23.3 Å². The molecule has 150 valence electrons. The van der Waals surface area contributed by atoms with E-state index in [1.807, 2.05) is 31.2 Å². The van der Waals surface area contributed by atoms with E-state index >= 15 is 0 Å². The molecule has 2 aliphatic heterocycles. The number of rotatable bonds is 2. The van der Waals surface area contributed by atoms with Gasteiger partial charge in [0.25, 0.3) is 5.91 Å². The third-order valence-electron chi connectivity index (χ3n) is 8.05. The molecule has 2 fully saturated rings. The van der Waals surface area contributed by atoms with Crippen LogP contribution in [-0.4, -0.2) is 19.0 Å². The Labute approximate surface area is 173 Å². The quantitative estimate of drug-likeness (QED) is 0.702. The number of hydrogen-bond acceptors (Lipinski definition) is 2. The van der Waals surface area contributed by atoms with Gasteiger partial charge in [0.2, 0.25) is 0 Å². The van der Waals surface area contributed by atoms with Gasteiger partial charge in [-0.1, -0.05) is 30.5 Å². The fraction of sp³-hybridized carbons (Fsp3) is 0.500. The number of benzene rings is 2. The van der Waals surface area contributed by atoms with Crippen molar-refractivity contribution in [2.24, 2.45) is 11.8 Å². The van der Waals surface area contributed by atoms with Crippen LogP contribution in [0.1, 0.15) is 77.4 Å². The zero-order valence-electron chi connectivity index (χ0n) is 17.3. The molecular weight excluding hydrogens is 356 g/mol. The summed E-state index contributed by atoms with van der Waals surface area (Å²) in [6.45, 7) is 4.54. The molecule has 6 rings (SSSR count). The molecule has 0 saturated heterocycles. The minimum Gasteiger partial charge on any atom is -0.370 e. The molecule has 0 aromatic heterocycles. The number of hydrogen-bond donors (Lipinski definition) is 1. The highest BCUT2D eigenvalue weighted by Gasteiger charge is 2.44. The molecule has 2 aromatic rings. The van der Waals surface area contributed by atoms with Gasteiger partial charge in [0.05, 0.1) is 0 Å². The molecule has 1 N–H and O–H groups in total. The Bertz CT molecular complexity index is 935. The smallest absolute Gasteiger partial charge is 0.255 e. The fourth-order valence-electron chi connectivity index (χ4n) is 6.83. The van der Waals surface area contributed by atoms with Gasteiger partial charge in [-0.05, 0) is 91.7 Å². The van der Waals surface area contributed by atoms with Gasteiger partial charge in [0.1, 0.15) is 0 Å². The van der Waals surface area contributed by atoms with Crippen LogP contribution < -0.4 is 10.2 Å². The van der Waals surface area contributed by atoms with Gasteiger partial charge in [-0.3, -0.25) is 4.79 Å². The summed E-state index contributed by atoms with van der Waals surface area (Å²) in [4.78, 5) is 15.7. The first-order chi connectivity index (χ1) is 14.2. The summed E-state index contributed by atoms with van der Waals surface area (Å²) < 4.78 is 0. The molecule has 1 amide bonds. The lowest BCUT2D eigenvalue weighted by Crippen LogP contribution is -2.43. The predicted molar refractivity (Wildman–Crippen MR) is 118 cm³/mol. The Balaban J connectivity index is 1.42. The molecule has 2 aromatic carbocycles. The number of fused-ring (bicyclic) bond motifs is 4. The second-order valence-electron chi connectivity index (χ2n) is 9.83. The van der Waals surface area contributed by atoms with Crippen LogP contribution in [0.4, 0.5) is 11.4 Å². The topological polar surface area (TPSA) is 32.3 Å². The van der Waals surface area contributed by atoms with E-state index in [1.165, 1.54) is 62.7 Å². The van der Waals surface area contributed by atoms with Crippen molar-refractivity contribution in [2.45, 2.75) is 57.3 Å². The van der Waals surface area contributed by atoms with Crippen molar-refractivity contribution in [3.05, 3.63) is 58.7 Å². The Hall–Kier alpha value is -2.29. The molecule has 3 nitrogen and oxygen atoms in total. The summed E-state index contributed by atoms with van der Waals surface area (Å²) in [6, 6.07) is 12.5. The SMILES string of the molecule is Cc1cccc(C(=O)Nc2cc3c4c(c2)[C@@H]2CCC[C@H]2CN4C[C@@H]2CCC[C@@H]32)c1. The van der Waals surface area contributed by atoms with Crippen LogP contribution in [0.3, 0.4) is 0 Å². The van der Waals surface area contributed by atoms with E-state index < -0.39 is 0 Å². The fourth-order valence-corrected chi connectivity index (χ4v) is 6.83. The highest BCUT2D eigenvalue weighted by atomic mass is 16.1. The van der Waals surface area contributed by atoms with Crippen LogP contribution in [0.25, 0.3) is 0 Å². The van der Waals surface area contributed by atoms with Crippen molar-refractivity contribution in [1.29, 1.82) is 0 Å². The summed E-state index contributed by atoms with van der Waals surface area (Å²) in [5.41, 5.74) is 7.48. The first-order valence-electron chi connectivity index (χ1n) is 11.5. The van der Waals surface area contributed by atoms with Crippen LogP contribution in [0.15, 0.2) is 36.4 Å². The summed E-state index contributed by atoms with van der Waals surface area (Å²) in [5.74, 6) is 2.99. The molecule has 3 heteroatoms. The molecule has 2 heterocycles. The highest BCUT2D eigenvalue weighted by molar-refractivity contribution is 6.04. The maximum Gasteiger partial charge on any atom is 0.255 e. The zero-order chi connectivity index (χ0) is 19.5. The van der Waals surface area contributed by atoms with E-state index in [9.17, 15) is 4.79 Å². The van der Waals surface area contributed by atoms with Crippen molar-refractivity contribution >= 4 is 17.3 Å². The molecule has 0 bridgehead atoms. The van der Waals surface area contributed by atoms with Gasteiger partial charge in [0, 0.05) is 30.0 Å². The molecule has 29 heavy (non-hydrogen) atoms. The third-order valence-corrected chi connectivity index (χ3v) is 8.05. The maximum atomic E-state index is 12.9. The Morgan fingerprint density at radius 2 is 1.59 bits per heavy atom. The van der Waals surface area contributed by atoms with E-state index in [0.717, 1.165) is 28.7 Å². The van der Waals surface area contributed by atoms with Crippen LogP contribution in [0.2, 0.25) is 0 Å². The Morgan fingerprint density at radius 1 is 0.931 bits per heavy atom. The van der Waals surface area contributed by atoms with E-state index in [1.54, 1.807) is 5.69 Å². The van der Waals surface area contributed by atoms with Crippen LogP contribution in [-0.2, 0) is 0 Å². The van der Waals surface area contributed by atoms with E-state index in [2.05, 4.69) is 22.3 Å². The molecule has 4 aliphatic rings. The summed E-state index contributed by atoms with van der Waals surface area (Å²) >= 11 is 0. The van der Waals surface area contributed by atoms with Crippen molar-refractivity contribution in [1.82, 2.24) is 0 Å². The van der Waals surface area contributed by atoms with E-state index in [4.69, 9.17) is 0 Å². The number of anilines is 2. The monoisotopic (exact) mass is 386 g/mol. The Kier molecular flexibility index (Phi) is 4.01. The van der Waals surface area contributed by atoms with Crippen molar-refractivity contribution in [3.8, 4) is 0 Å². The largest absolute Gasteiger partial charge is 0.370 e. The number of carbonyl (C=O) groups is 1.